The molecular formula is C8H6BrClN2O. The van der Waals surface area contributed by atoms with Crippen LogP contribution in [0.15, 0.2) is 21.4 Å². The van der Waals surface area contributed by atoms with Crippen LogP contribution in [0.3, 0.4) is 0 Å². The average molecular weight is 262 g/mol. The van der Waals surface area contributed by atoms with Gasteiger partial charge in [0.15, 0.2) is 0 Å². The minimum absolute atomic E-state index is 0.157. The second kappa shape index (κ2) is 2.89. The molecule has 0 unspecified atom stereocenters. The standard InChI is InChI=1S/C8H6BrClN2O/c1-12-7-5(11-8(12)13)3-2-4(9)6(7)10/h2-3H,1H3,(H,11,13). The van der Waals surface area contributed by atoms with E-state index in [1.807, 2.05) is 6.07 Å². The lowest BCUT2D eigenvalue weighted by Crippen LogP contribution is -2.11. The number of hydrogen-bond acceptors (Lipinski definition) is 1. The molecule has 0 saturated heterocycles. The van der Waals surface area contributed by atoms with Gasteiger partial charge in [-0.3, -0.25) is 4.57 Å². The predicted molar refractivity (Wildman–Crippen MR) is 56.2 cm³/mol. The quantitative estimate of drug-likeness (QED) is 0.776. The first-order valence-corrected chi connectivity index (χ1v) is 4.81. The van der Waals surface area contributed by atoms with Crippen LogP contribution in [0.4, 0.5) is 0 Å². The van der Waals surface area contributed by atoms with Gasteiger partial charge in [0, 0.05) is 11.5 Å². The maximum atomic E-state index is 11.2. The first-order chi connectivity index (χ1) is 6.11. The van der Waals surface area contributed by atoms with Crippen LogP contribution in [-0.4, -0.2) is 9.55 Å². The van der Waals surface area contributed by atoms with Crippen molar-refractivity contribution in [3.05, 3.63) is 32.1 Å². The van der Waals surface area contributed by atoms with E-state index >= 15 is 0 Å². The third kappa shape index (κ3) is 1.21. The zero-order valence-electron chi connectivity index (χ0n) is 6.77. The fraction of sp³-hybridized carbons (Fsp3) is 0.125. The number of rotatable bonds is 0. The Hall–Kier alpha value is -0.740. The Balaban J connectivity index is 3.05. The van der Waals surface area contributed by atoms with E-state index in [1.165, 1.54) is 4.57 Å². The van der Waals surface area contributed by atoms with Gasteiger partial charge in [-0.15, -0.1) is 0 Å². The molecule has 0 fully saturated rings. The third-order valence-electron chi connectivity index (χ3n) is 1.95. The highest BCUT2D eigenvalue weighted by molar-refractivity contribution is 9.10. The molecule has 1 N–H and O–H groups in total. The highest BCUT2D eigenvalue weighted by atomic mass is 79.9. The van der Waals surface area contributed by atoms with Crippen LogP contribution in [0, 0.1) is 0 Å². The van der Waals surface area contributed by atoms with Crippen LogP contribution >= 0.6 is 27.5 Å². The van der Waals surface area contributed by atoms with Crippen molar-refractivity contribution >= 4 is 38.6 Å². The van der Waals surface area contributed by atoms with E-state index in [2.05, 4.69) is 20.9 Å². The molecule has 1 aromatic heterocycles. The number of H-pyrrole nitrogens is 1. The smallest absolute Gasteiger partial charge is 0.305 e. The highest BCUT2D eigenvalue weighted by Crippen LogP contribution is 2.28. The number of nitrogens with zero attached hydrogens (tertiary/aromatic N) is 1. The maximum absolute atomic E-state index is 11.2. The summed E-state index contributed by atoms with van der Waals surface area (Å²) in [5.74, 6) is 0. The summed E-state index contributed by atoms with van der Waals surface area (Å²) < 4.78 is 2.28. The summed E-state index contributed by atoms with van der Waals surface area (Å²) in [6.07, 6.45) is 0. The van der Waals surface area contributed by atoms with E-state index in [9.17, 15) is 4.79 Å². The normalized spacial score (nSPS) is 11.0. The van der Waals surface area contributed by atoms with Crippen molar-refractivity contribution in [3.8, 4) is 0 Å². The van der Waals surface area contributed by atoms with Crippen LogP contribution in [0.1, 0.15) is 0 Å². The number of imidazole rings is 1. The molecule has 0 spiro atoms. The summed E-state index contributed by atoms with van der Waals surface area (Å²) in [6, 6.07) is 3.62. The van der Waals surface area contributed by atoms with E-state index in [0.717, 1.165) is 15.5 Å². The van der Waals surface area contributed by atoms with Gasteiger partial charge in [0.2, 0.25) is 0 Å². The zero-order valence-corrected chi connectivity index (χ0v) is 9.11. The maximum Gasteiger partial charge on any atom is 0.326 e. The Kier molecular flexibility index (Phi) is 1.96. The second-order valence-electron chi connectivity index (χ2n) is 2.75. The molecular weight excluding hydrogens is 255 g/mol. The molecule has 2 rings (SSSR count). The van der Waals surface area contributed by atoms with Gasteiger partial charge in [0.25, 0.3) is 0 Å². The summed E-state index contributed by atoms with van der Waals surface area (Å²) in [5.41, 5.74) is 1.32. The monoisotopic (exact) mass is 260 g/mol. The van der Waals surface area contributed by atoms with Gasteiger partial charge in [-0.2, -0.15) is 0 Å². The van der Waals surface area contributed by atoms with Gasteiger partial charge in [-0.05, 0) is 28.1 Å². The topological polar surface area (TPSA) is 37.8 Å². The Bertz CT molecular complexity index is 529. The number of fused-ring (bicyclic) bond motifs is 1. The van der Waals surface area contributed by atoms with Crippen molar-refractivity contribution in [2.24, 2.45) is 7.05 Å². The lowest BCUT2D eigenvalue weighted by Gasteiger charge is -1.98. The summed E-state index contributed by atoms with van der Waals surface area (Å²) in [7, 11) is 1.68. The SMILES string of the molecule is Cn1c(=O)[nH]c2ccc(Br)c(Cl)c21. The van der Waals surface area contributed by atoms with Crippen molar-refractivity contribution in [2.75, 3.05) is 0 Å². The summed E-state index contributed by atoms with van der Waals surface area (Å²) in [4.78, 5) is 13.9. The molecule has 0 aliphatic heterocycles. The largest absolute Gasteiger partial charge is 0.326 e. The van der Waals surface area contributed by atoms with Crippen molar-refractivity contribution in [1.29, 1.82) is 0 Å². The van der Waals surface area contributed by atoms with Gasteiger partial charge in [-0.1, -0.05) is 11.6 Å². The number of aromatic nitrogens is 2. The lowest BCUT2D eigenvalue weighted by atomic mass is 10.3. The molecule has 0 saturated carbocycles. The van der Waals surface area contributed by atoms with E-state index in [-0.39, 0.29) is 5.69 Å². The number of benzene rings is 1. The third-order valence-corrected chi connectivity index (χ3v) is 3.22. The Morgan fingerprint density at radius 2 is 2.23 bits per heavy atom. The first kappa shape index (κ1) is 8.84. The van der Waals surface area contributed by atoms with Crippen LogP contribution in [0.25, 0.3) is 11.0 Å². The van der Waals surface area contributed by atoms with E-state index < -0.39 is 0 Å². The molecule has 0 bridgehead atoms. The van der Waals surface area contributed by atoms with Gasteiger partial charge >= 0.3 is 5.69 Å². The minimum Gasteiger partial charge on any atom is -0.305 e. The van der Waals surface area contributed by atoms with E-state index in [1.54, 1.807) is 13.1 Å². The number of hydrogen-bond donors (Lipinski definition) is 1. The van der Waals surface area contributed by atoms with Crippen molar-refractivity contribution in [2.45, 2.75) is 0 Å². The van der Waals surface area contributed by atoms with Gasteiger partial charge < -0.3 is 4.98 Å². The molecule has 13 heavy (non-hydrogen) atoms. The molecule has 0 radical (unpaired) electrons. The van der Waals surface area contributed by atoms with Crippen LogP contribution in [-0.2, 0) is 7.05 Å². The Morgan fingerprint density at radius 1 is 1.54 bits per heavy atom. The molecule has 5 heteroatoms. The molecule has 0 aliphatic carbocycles. The lowest BCUT2D eigenvalue weighted by molar-refractivity contribution is 0.891. The van der Waals surface area contributed by atoms with Gasteiger partial charge in [-0.25, -0.2) is 4.79 Å². The molecule has 3 nitrogen and oxygen atoms in total. The number of halogens is 2. The van der Waals surface area contributed by atoms with Crippen molar-refractivity contribution < 1.29 is 0 Å². The molecule has 68 valence electrons. The van der Waals surface area contributed by atoms with E-state index in [4.69, 9.17) is 11.6 Å². The Morgan fingerprint density at radius 3 is 2.92 bits per heavy atom. The van der Waals surface area contributed by atoms with Crippen molar-refractivity contribution in [1.82, 2.24) is 9.55 Å². The van der Waals surface area contributed by atoms with Crippen LogP contribution in [0.5, 0.6) is 0 Å². The molecule has 1 aromatic carbocycles. The molecule has 0 atom stereocenters. The number of nitrogens with one attached hydrogen (secondary N) is 1. The van der Waals surface area contributed by atoms with E-state index in [0.29, 0.717) is 5.02 Å². The Labute approximate surface area is 87.4 Å². The summed E-state index contributed by atoms with van der Waals surface area (Å²) in [5, 5.41) is 0.554. The van der Waals surface area contributed by atoms with Gasteiger partial charge in [0.1, 0.15) is 0 Å². The average Bonchev–Trinajstić information content (AvgIpc) is 2.37. The van der Waals surface area contributed by atoms with Crippen molar-refractivity contribution in [3.63, 3.8) is 0 Å². The van der Waals surface area contributed by atoms with Crippen LogP contribution < -0.4 is 5.69 Å². The zero-order chi connectivity index (χ0) is 9.59. The molecule has 0 amide bonds. The number of aryl methyl sites for hydroxylation is 1. The first-order valence-electron chi connectivity index (χ1n) is 3.64. The summed E-state index contributed by atoms with van der Waals surface area (Å²) >= 11 is 9.32. The highest BCUT2D eigenvalue weighted by Gasteiger charge is 2.09. The van der Waals surface area contributed by atoms with Gasteiger partial charge in [0.05, 0.1) is 16.1 Å². The summed E-state index contributed by atoms with van der Waals surface area (Å²) in [6.45, 7) is 0. The fourth-order valence-electron chi connectivity index (χ4n) is 1.27. The second-order valence-corrected chi connectivity index (χ2v) is 3.98. The minimum atomic E-state index is -0.157. The molecule has 1 heterocycles. The molecule has 2 aromatic rings. The number of aromatic amines is 1. The fourth-order valence-corrected chi connectivity index (χ4v) is 1.88. The van der Waals surface area contributed by atoms with Crippen LogP contribution in [0.2, 0.25) is 5.02 Å². The molecule has 0 aliphatic rings. The predicted octanol–water partition coefficient (Wildman–Crippen LogP) is 2.28.